The van der Waals surface area contributed by atoms with Crippen LogP contribution in [0.3, 0.4) is 0 Å². The quantitative estimate of drug-likeness (QED) is 0.627. The van der Waals surface area contributed by atoms with E-state index in [9.17, 15) is 9.18 Å². The van der Waals surface area contributed by atoms with Crippen molar-refractivity contribution in [2.45, 2.75) is 23.0 Å². The summed E-state index contributed by atoms with van der Waals surface area (Å²) in [4.78, 5) is 11.5. The number of nitrogens with two attached hydrogens (primary N) is 1. The molecule has 86 valence electrons. The van der Waals surface area contributed by atoms with Gasteiger partial charge in [0.1, 0.15) is 11.1 Å². The van der Waals surface area contributed by atoms with Crippen molar-refractivity contribution in [1.82, 2.24) is 0 Å². The van der Waals surface area contributed by atoms with E-state index in [1.807, 2.05) is 0 Å². The Morgan fingerprint density at radius 2 is 2.25 bits per heavy atom. The highest BCUT2D eigenvalue weighted by Crippen LogP contribution is 2.43. The molecule has 0 spiro atoms. The molecule has 1 aliphatic carbocycles. The molecular formula is C11H12FNO2S. The zero-order valence-electron chi connectivity index (χ0n) is 8.52. The fraction of sp³-hybridized carbons (Fsp3) is 0.364. The molecule has 0 heterocycles. The van der Waals surface area contributed by atoms with Crippen LogP contribution in [0.1, 0.15) is 12.8 Å². The summed E-state index contributed by atoms with van der Waals surface area (Å²) in [6, 6.07) is 4.02. The van der Waals surface area contributed by atoms with E-state index in [1.165, 1.54) is 18.2 Å². The number of benzene rings is 1. The van der Waals surface area contributed by atoms with E-state index in [4.69, 9.17) is 10.8 Å². The molecule has 1 aromatic carbocycles. The third kappa shape index (κ3) is 2.47. The topological polar surface area (TPSA) is 63.3 Å². The van der Waals surface area contributed by atoms with Crippen LogP contribution in [0.25, 0.3) is 0 Å². The third-order valence-corrected chi connectivity index (χ3v) is 3.97. The van der Waals surface area contributed by atoms with Crippen LogP contribution in [-0.4, -0.2) is 16.3 Å². The Morgan fingerprint density at radius 1 is 1.56 bits per heavy atom. The Bertz CT molecular complexity index is 420. The lowest BCUT2D eigenvalue weighted by Crippen LogP contribution is -2.18. The van der Waals surface area contributed by atoms with Crippen LogP contribution in [0.5, 0.6) is 0 Å². The lowest BCUT2D eigenvalue weighted by atomic mass is 10.3. The van der Waals surface area contributed by atoms with Crippen molar-refractivity contribution in [1.29, 1.82) is 0 Å². The number of hydrogen-bond donors (Lipinski definition) is 2. The highest BCUT2D eigenvalue weighted by molar-refractivity contribution is 8.00. The number of rotatable bonds is 4. The van der Waals surface area contributed by atoms with Gasteiger partial charge in [-0.3, -0.25) is 4.79 Å². The molecule has 1 unspecified atom stereocenters. The summed E-state index contributed by atoms with van der Waals surface area (Å²) in [6.45, 7) is 0. The lowest BCUT2D eigenvalue weighted by Gasteiger charge is -2.12. The predicted octanol–water partition coefficient (Wildman–Crippen LogP) is 2.36. The number of nitrogen functional groups attached to an aromatic ring is 1. The molecular weight excluding hydrogens is 229 g/mol. The molecule has 3 N–H and O–H groups in total. The molecule has 1 aromatic rings. The number of thioether (sulfide) groups is 1. The van der Waals surface area contributed by atoms with Gasteiger partial charge in [-0.2, -0.15) is 0 Å². The van der Waals surface area contributed by atoms with Crippen LogP contribution in [0, 0.1) is 11.7 Å². The second-order valence-corrected chi connectivity index (χ2v) is 5.08. The maximum Gasteiger partial charge on any atom is 0.317 e. The van der Waals surface area contributed by atoms with Gasteiger partial charge in [0.05, 0.1) is 0 Å². The highest BCUT2D eigenvalue weighted by atomic mass is 32.2. The van der Waals surface area contributed by atoms with Crippen molar-refractivity contribution in [2.75, 3.05) is 5.73 Å². The average molecular weight is 241 g/mol. The third-order valence-electron chi connectivity index (χ3n) is 2.52. The van der Waals surface area contributed by atoms with Gasteiger partial charge >= 0.3 is 5.97 Å². The lowest BCUT2D eigenvalue weighted by molar-refractivity contribution is -0.136. The monoisotopic (exact) mass is 241 g/mol. The summed E-state index contributed by atoms with van der Waals surface area (Å²) in [5, 5.41) is 8.54. The van der Waals surface area contributed by atoms with Crippen molar-refractivity contribution >= 4 is 23.4 Å². The first-order valence-corrected chi connectivity index (χ1v) is 5.90. The first-order valence-electron chi connectivity index (χ1n) is 5.02. The number of carboxylic acid groups (broad SMARTS) is 1. The summed E-state index contributed by atoms with van der Waals surface area (Å²) in [5.41, 5.74) is 6.11. The largest absolute Gasteiger partial charge is 0.480 e. The molecule has 1 saturated carbocycles. The molecule has 0 aromatic heterocycles. The Balaban J connectivity index is 2.17. The molecule has 0 saturated heterocycles. The minimum Gasteiger partial charge on any atom is -0.480 e. The predicted molar refractivity (Wildman–Crippen MR) is 60.8 cm³/mol. The Kier molecular flexibility index (Phi) is 3.05. The van der Waals surface area contributed by atoms with Gasteiger partial charge in [0, 0.05) is 10.6 Å². The molecule has 0 radical (unpaired) electrons. The van der Waals surface area contributed by atoms with E-state index in [-0.39, 0.29) is 5.92 Å². The fourth-order valence-corrected chi connectivity index (χ4v) is 2.72. The Labute approximate surface area is 96.8 Å². The number of aliphatic carboxylic acids is 1. The molecule has 3 nitrogen and oxygen atoms in total. The van der Waals surface area contributed by atoms with E-state index in [0.29, 0.717) is 10.6 Å². The fourth-order valence-electron chi connectivity index (χ4n) is 1.49. The number of carboxylic acids is 1. The van der Waals surface area contributed by atoms with Crippen molar-refractivity contribution in [2.24, 2.45) is 5.92 Å². The van der Waals surface area contributed by atoms with Gasteiger partial charge in [0.15, 0.2) is 0 Å². The average Bonchev–Trinajstić information content (AvgIpc) is 3.02. The van der Waals surface area contributed by atoms with Crippen LogP contribution in [-0.2, 0) is 4.79 Å². The molecule has 5 heteroatoms. The zero-order chi connectivity index (χ0) is 11.7. The van der Waals surface area contributed by atoms with Gasteiger partial charge in [0.25, 0.3) is 0 Å². The maximum atomic E-state index is 13.0. The van der Waals surface area contributed by atoms with E-state index >= 15 is 0 Å². The summed E-state index contributed by atoms with van der Waals surface area (Å²) < 4.78 is 13.0. The Hall–Kier alpha value is -1.23. The molecule has 1 fully saturated rings. The van der Waals surface area contributed by atoms with Crippen LogP contribution >= 0.6 is 11.8 Å². The summed E-state index contributed by atoms with van der Waals surface area (Å²) in [7, 11) is 0. The molecule has 2 rings (SSSR count). The van der Waals surface area contributed by atoms with Crippen molar-refractivity contribution in [3.8, 4) is 0 Å². The molecule has 0 amide bonds. The SMILES string of the molecule is Nc1ccc(F)cc1SC(C(=O)O)C1CC1. The number of halogens is 1. The minimum atomic E-state index is -0.851. The Morgan fingerprint density at radius 3 is 2.81 bits per heavy atom. The second kappa shape index (κ2) is 4.33. The van der Waals surface area contributed by atoms with Crippen LogP contribution in [0.2, 0.25) is 0 Å². The van der Waals surface area contributed by atoms with Crippen LogP contribution in [0.15, 0.2) is 23.1 Å². The summed E-state index contributed by atoms with van der Waals surface area (Å²) in [6.07, 6.45) is 1.86. The molecule has 1 aliphatic rings. The molecule has 1 atom stereocenters. The first kappa shape index (κ1) is 11.3. The van der Waals surface area contributed by atoms with E-state index < -0.39 is 17.0 Å². The molecule has 0 aliphatic heterocycles. The van der Waals surface area contributed by atoms with E-state index in [0.717, 1.165) is 24.6 Å². The minimum absolute atomic E-state index is 0.199. The van der Waals surface area contributed by atoms with Crippen molar-refractivity contribution in [3.63, 3.8) is 0 Å². The van der Waals surface area contributed by atoms with Gasteiger partial charge in [-0.15, -0.1) is 11.8 Å². The standard InChI is InChI=1S/C11H12FNO2S/c12-7-3-4-8(13)9(5-7)16-10(11(14)15)6-1-2-6/h3-6,10H,1-2,13H2,(H,14,15). The zero-order valence-corrected chi connectivity index (χ0v) is 9.34. The summed E-state index contributed by atoms with van der Waals surface area (Å²) >= 11 is 1.14. The van der Waals surface area contributed by atoms with Gasteiger partial charge in [-0.05, 0) is 37.0 Å². The van der Waals surface area contributed by atoms with Crippen molar-refractivity contribution < 1.29 is 14.3 Å². The summed E-state index contributed by atoms with van der Waals surface area (Å²) in [5.74, 6) is -1.04. The maximum absolute atomic E-state index is 13.0. The first-order chi connectivity index (χ1) is 7.58. The van der Waals surface area contributed by atoms with Gasteiger partial charge < -0.3 is 10.8 Å². The second-order valence-electron chi connectivity index (χ2n) is 3.90. The van der Waals surface area contributed by atoms with Crippen LogP contribution < -0.4 is 5.73 Å². The van der Waals surface area contributed by atoms with Gasteiger partial charge in [-0.1, -0.05) is 0 Å². The van der Waals surface area contributed by atoms with Crippen molar-refractivity contribution in [3.05, 3.63) is 24.0 Å². The molecule has 0 bridgehead atoms. The number of hydrogen-bond acceptors (Lipinski definition) is 3. The van der Waals surface area contributed by atoms with Gasteiger partial charge in [0.2, 0.25) is 0 Å². The smallest absolute Gasteiger partial charge is 0.317 e. The number of anilines is 1. The van der Waals surface area contributed by atoms with Gasteiger partial charge in [-0.25, -0.2) is 4.39 Å². The number of carbonyl (C=O) groups is 1. The van der Waals surface area contributed by atoms with E-state index in [1.54, 1.807) is 0 Å². The molecule has 16 heavy (non-hydrogen) atoms. The van der Waals surface area contributed by atoms with Crippen LogP contribution in [0.4, 0.5) is 10.1 Å². The normalized spacial score (nSPS) is 17.1. The van der Waals surface area contributed by atoms with E-state index in [2.05, 4.69) is 0 Å². The highest BCUT2D eigenvalue weighted by Gasteiger charge is 2.37.